The summed E-state index contributed by atoms with van der Waals surface area (Å²) in [5.74, 6) is 0.596. The molecule has 1 spiro atoms. The number of primary amides is 1. The van der Waals surface area contributed by atoms with Gasteiger partial charge in [0.1, 0.15) is 5.60 Å². The molecule has 1 aliphatic heterocycles. The third kappa shape index (κ3) is 2.26. The maximum absolute atomic E-state index is 11.0. The smallest absolute Gasteiger partial charge is 0.312 e. The van der Waals surface area contributed by atoms with E-state index in [1.807, 2.05) is 0 Å². The van der Waals surface area contributed by atoms with Gasteiger partial charge in [0, 0.05) is 6.54 Å². The van der Waals surface area contributed by atoms with Gasteiger partial charge in [-0.3, -0.25) is 0 Å². The second kappa shape index (κ2) is 5.22. The second-order valence-electron chi connectivity index (χ2n) is 8.44. The topological polar surface area (TPSA) is 67.6 Å². The lowest BCUT2D eigenvalue weighted by atomic mass is 9.64. The SMILES string of the molecule is CC(C)C1=C2C3=CC=C(CNC(N)=O)C[C@@H]4O[C@@]34CC[C@@]2(C)CC1. The molecular weight excluding hydrogens is 300 g/mol. The molecule has 24 heavy (non-hydrogen) atoms. The van der Waals surface area contributed by atoms with Crippen LogP contribution in [0.5, 0.6) is 0 Å². The zero-order valence-electron chi connectivity index (χ0n) is 14.9. The minimum Gasteiger partial charge on any atom is -0.361 e. The average Bonchev–Trinajstić information content (AvgIpc) is 3.10. The van der Waals surface area contributed by atoms with Crippen LogP contribution in [0, 0.1) is 11.3 Å². The Morgan fingerprint density at radius 2 is 2.17 bits per heavy atom. The van der Waals surface area contributed by atoms with Crippen LogP contribution in [-0.4, -0.2) is 24.3 Å². The molecule has 0 unspecified atom stereocenters. The van der Waals surface area contributed by atoms with Crippen LogP contribution in [0.15, 0.2) is 34.4 Å². The third-order valence-corrected chi connectivity index (χ3v) is 6.58. The Kier molecular flexibility index (Phi) is 3.47. The van der Waals surface area contributed by atoms with Crippen LogP contribution in [0.2, 0.25) is 0 Å². The summed E-state index contributed by atoms with van der Waals surface area (Å²) < 4.78 is 6.28. The van der Waals surface area contributed by atoms with Gasteiger partial charge in [-0.15, -0.1) is 0 Å². The van der Waals surface area contributed by atoms with Gasteiger partial charge in [0.25, 0.3) is 0 Å². The fraction of sp³-hybridized carbons (Fsp3) is 0.650. The fourth-order valence-corrected chi connectivity index (χ4v) is 5.13. The number of nitrogens with two attached hydrogens (primary N) is 1. The number of carbonyl (C=O) groups is 1. The molecule has 4 heteroatoms. The Morgan fingerprint density at radius 1 is 1.38 bits per heavy atom. The number of allylic oxidation sites excluding steroid dienone is 3. The summed E-state index contributed by atoms with van der Waals surface area (Å²) in [7, 11) is 0. The lowest BCUT2D eigenvalue weighted by molar-refractivity contribution is 0.235. The van der Waals surface area contributed by atoms with Crippen molar-refractivity contribution in [2.45, 2.75) is 64.6 Å². The molecule has 4 rings (SSSR count). The first-order valence-corrected chi connectivity index (χ1v) is 9.21. The minimum atomic E-state index is -0.468. The summed E-state index contributed by atoms with van der Waals surface area (Å²) in [5, 5.41) is 2.72. The Bertz CT molecular complexity index is 688. The zero-order valence-corrected chi connectivity index (χ0v) is 14.9. The quantitative estimate of drug-likeness (QED) is 0.777. The Hall–Kier alpha value is -1.55. The molecule has 0 aromatic rings. The van der Waals surface area contributed by atoms with Crippen molar-refractivity contribution in [3.05, 3.63) is 34.4 Å². The van der Waals surface area contributed by atoms with E-state index in [2.05, 4.69) is 38.2 Å². The Balaban J connectivity index is 1.73. The number of hydrogen-bond donors (Lipinski definition) is 2. The van der Waals surface area contributed by atoms with Gasteiger partial charge in [-0.1, -0.05) is 38.5 Å². The van der Waals surface area contributed by atoms with Gasteiger partial charge in [-0.05, 0) is 60.2 Å². The molecule has 2 fully saturated rings. The number of amides is 2. The van der Waals surface area contributed by atoms with E-state index >= 15 is 0 Å². The van der Waals surface area contributed by atoms with Crippen molar-refractivity contribution in [3.8, 4) is 0 Å². The molecule has 1 saturated heterocycles. The van der Waals surface area contributed by atoms with Crippen LogP contribution in [0.3, 0.4) is 0 Å². The van der Waals surface area contributed by atoms with Crippen molar-refractivity contribution >= 4 is 6.03 Å². The molecule has 1 heterocycles. The third-order valence-electron chi connectivity index (χ3n) is 6.58. The van der Waals surface area contributed by atoms with Gasteiger partial charge >= 0.3 is 6.03 Å². The fourth-order valence-electron chi connectivity index (χ4n) is 5.13. The maximum atomic E-state index is 11.0. The van der Waals surface area contributed by atoms with Gasteiger partial charge in [0.05, 0.1) is 6.10 Å². The number of hydrogen-bond acceptors (Lipinski definition) is 2. The van der Waals surface area contributed by atoms with E-state index in [1.165, 1.54) is 30.4 Å². The van der Waals surface area contributed by atoms with E-state index in [4.69, 9.17) is 10.5 Å². The Labute approximate surface area is 144 Å². The monoisotopic (exact) mass is 328 g/mol. The predicted octanol–water partition coefficient (Wildman–Crippen LogP) is 3.60. The molecule has 0 radical (unpaired) electrons. The van der Waals surface area contributed by atoms with Crippen LogP contribution in [0.4, 0.5) is 4.79 Å². The molecular formula is C20H28N2O2. The first kappa shape index (κ1) is 15.9. The van der Waals surface area contributed by atoms with E-state index in [0.29, 0.717) is 17.9 Å². The summed E-state index contributed by atoms with van der Waals surface area (Å²) >= 11 is 0. The van der Waals surface area contributed by atoms with E-state index in [1.54, 1.807) is 11.1 Å². The summed E-state index contributed by atoms with van der Waals surface area (Å²) in [4.78, 5) is 11.0. The summed E-state index contributed by atoms with van der Waals surface area (Å²) in [6.45, 7) is 7.58. The molecule has 2 amide bonds. The van der Waals surface area contributed by atoms with Gasteiger partial charge in [-0.25, -0.2) is 4.79 Å². The van der Waals surface area contributed by atoms with Crippen LogP contribution < -0.4 is 11.1 Å². The maximum Gasteiger partial charge on any atom is 0.312 e. The number of urea groups is 1. The van der Waals surface area contributed by atoms with Crippen molar-refractivity contribution in [3.63, 3.8) is 0 Å². The molecule has 3 N–H and O–H groups in total. The summed E-state index contributed by atoms with van der Waals surface area (Å²) in [5.41, 5.74) is 11.3. The van der Waals surface area contributed by atoms with Crippen molar-refractivity contribution in [1.82, 2.24) is 5.32 Å². The lowest BCUT2D eigenvalue weighted by Crippen LogP contribution is -2.34. The molecule has 130 valence electrons. The summed E-state index contributed by atoms with van der Waals surface area (Å²) in [6.07, 6.45) is 10.5. The van der Waals surface area contributed by atoms with E-state index in [9.17, 15) is 4.79 Å². The minimum absolute atomic E-state index is 0.0652. The van der Waals surface area contributed by atoms with E-state index in [0.717, 1.165) is 12.8 Å². The second-order valence-corrected chi connectivity index (χ2v) is 8.44. The van der Waals surface area contributed by atoms with Crippen LogP contribution in [-0.2, 0) is 4.74 Å². The highest BCUT2D eigenvalue weighted by molar-refractivity contribution is 5.72. The standard InChI is InChI=1S/C20H28N2O2/c1-12(2)14-6-7-19(3)8-9-20-15(17(14)19)5-4-13(10-16(20)24-20)11-22-18(21)23/h4-5,12,16H,6-11H2,1-3H3,(H3,21,22,23)/t16-,19+,20-/m0/s1. The molecule has 3 aliphatic carbocycles. The molecule has 1 saturated carbocycles. The van der Waals surface area contributed by atoms with Gasteiger partial charge < -0.3 is 15.8 Å². The number of carbonyl (C=O) groups excluding carboxylic acids is 1. The van der Waals surface area contributed by atoms with Crippen molar-refractivity contribution in [2.75, 3.05) is 6.54 Å². The first-order valence-electron chi connectivity index (χ1n) is 9.21. The number of fused-ring (bicyclic) bond motifs is 2. The van der Waals surface area contributed by atoms with E-state index in [-0.39, 0.29) is 11.7 Å². The molecule has 4 nitrogen and oxygen atoms in total. The van der Waals surface area contributed by atoms with Crippen molar-refractivity contribution < 1.29 is 9.53 Å². The number of epoxide rings is 1. The average molecular weight is 328 g/mol. The number of rotatable bonds is 3. The molecule has 3 atom stereocenters. The van der Waals surface area contributed by atoms with Crippen LogP contribution in [0.25, 0.3) is 0 Å². The zero-order chi connectivity index (χ0) is 17.1. The van der Waals surface area contributed by atoms with Crippen LogP contribution in [0.1, 0.15) is 52.9 Å². The highest BCUT2D eigenvalue weighted by atomic mass is 16.6. The molecule has 4 aliphatic rings. The molecule has 0 aromatic heterocycles. The van der Waals surface area contributed by atoms with Crippen molar-refractivity contribution in [2.24, 2.45) is 17.1 Å². The van der Waals surface area contributed by atoms with Gasteiger partial charge in [-0.2, -0.15) is 0 Å². The predicted molar refractivity (Wildman–Crippen MR) is 94.4 cm³/mol. The summed E-state index contributed by atoms with van der Waals surface area (Å²) in [6, 6.07) is -0.468. The van der Waals surface area contributed by atoms with Crippen molar-refractivity contribution in [1.29, 1.82) is 0 Å². The van der Waals surface area contributed by atoms with Gasteiger partial charge in [0.2, 0.25) is 0 Å². The first-order chi connectivity index (χ1) is 11.4. The van der Waals surface area contributed by atoms with Crippen LogP contribution >= 0.6 is 0 Å². The van der Waals surface area contributed by atoms with E-state index < -0.39 is 6.03 Å². The lowest BCUT2D eigenvalue weighted by Gasteiger charge is -2.39. The highest BCUT2D eigenvalue weighted by Gasteiger charge is 2.64. The number of nitrogens with one attached hydrogen (secondary N) is 1. The number of ether oxygens (including phenoxy) is 1. The highest BCUT2D eigenvalue weighted by Crippen LogP contribution is 2.65. The largest absolute Gasteiger partial charge is 0.361 e. The molecule has 0 bridgehead atoms. The normalized spacial score (nSPS) is 37.1. The van der Waals surface area contributed by atoms with Gasteiger partial charge in [0.15, 0.2) is 0 Å². The molecule has 0 aromatic carbocycles. The Morgan fingerprint density at radius 3 is 2.88 bits per heavy atom.